The molecular formula is C18H16N2O4. The van der Waals surface area contributed by atoms with Gasteiger partial charge in [0.15, 0.2) is 6.61 Å². The summed E-state index contributed by atoms with van der Waals surface area (Å²) in [6.45, 7) is 3.54. The van der Waals surface area contributed by atoms with Crippen molar-refractivity contribution in [2.75, 3.05) is 0 Å². The van der Waals surface area contributed by atoms with Gasteiger partial charge in [-0.1, -0.05) is 47.1 Å². The maximum atomic E-state index is 12.0. The Morgan fingerprint density at radius 1 is 1.17 bits per heavy atom. The molecule has 122 valence electrons. The molecule has 0 unspecified atom stereocenters. The molecule has 1 N–H and O–H groups in total. The minimum atomic E-state index is -0.647. The van der Waals surface area contributed by atoms with E-state index in [0.29, 0.717) is 11.4 Å². The number of para-hydroxylation sites is 1. The van der Waals surface area contributed by atoms with Gasteiger partial charge in [0, 0.05) is 5.56 Å². The second kappa shape index (κ2) is 6.54. The number of aromatic hydroxyl groups is 1. The first-order valence-electron chi connectivity index (χ1n) is 7.40. The lowest BCUT2D eigenvalue weighted by Crippen LogP contribution is -2.06. The zero-order valence-electron chi connectivity index (χ0n) is 13.3. The maximum absolute atomic E-state index is 12.0. The van der Waals surface area contributed by atoms with E-state index in [1.807, 2.05) is 31.2 Å². The number of nitrogens with zero attached hydrogens (tertiary/aromatic N) is 2. The number of phenols is 1. The quantitative estimate of drug-likeness (QED) is 0.740. The van der Waals surface area contributed by atoms with Crippen molar-refractivity contribution in [1.82, 2.24) is 10.1 Å². The number of phenolic OH excluding ortho intramolecular Hbond substituents is 1. The lowest BCUT2D eigenvalue weighted by atomic mass is 10.1. The molecule has 3 rings (SSSR count). The van der Waals surface area contributed by atoms with Crippen LogP contribution in [0, 0.1) is 13.8 Å². The van der Waals surface area contributed by atoms with E-state index in [0.717, 1.165) is 11.1 Å². The Morgan fingerprint density at radius 2 is 1.92 bits per heavy atom. The molecule has 0 fully saturated rings. The van der Waals surface area contributed by atoms with Gasteiger partial charge in [0.25, 0.3) is 5.89 Å². The zero-order chi connectivity index (χ0) is 17.1. The van der Waals surface area contributed by atoms with E-state index in [2.05, 4.69) is 10.1 Å². The second-order valence-corrected chi connectivity index (χ2v) is 5.42. The average Bonchev–Trinajstić information content (AvgIpc) is 3.05. The molecule has 1 heterocycles. The van der Waals surface area contributed by atoms with Gasteiger partial charge in [-0.05, 0) is 25.5 Å². The summed E-state index contributed by atoms with van der Waals surface area (Å²) in [5.74, 6) is -0.120. The number of rotatable bonds is 4. The molecule has 0 saturated heterocycles. The molecule has 0 aliphatic heterocycles. The normalized spacial score (nSPS) is 10.6. The first kappa shape index (κ1) is 15.7. The Bertz CT molecular complexity index is 869. The number of carbonyl (C=O) groups is 1. The summed E-state index contributed by atoms with van der Waals surface area (Å²) in [7, 11) is 0. The van der Waals surface area contributed by atoms with E-state index < -0.39 is 5.97 Å². The van der Waals surface area contributed by atoms with E-state index in [9.17, 15) is 9.90 Å². The predicted octanol–water partition coefficient (Wildman–Crippen LogP) is 3.42. The van der Waals surface area contributed by atoms with Gasteiger partial charge >= 0.3 is 5.97 Å². The fourth-order valence-electron chi connectivity index (χ4n) is 2.16. The molecule has 0 atom stereocenters. The molecule has 0 radical (unpaired) electrons. The van der Waals surface area contributed by atoms with E-state index in [-0.39, 0.29) is 23.8 Å². The molecular weight excluding hydrogens is 308 g/mol. The topological polar surface area (TPSA) is 85.5 Å². The van der Waals surface area contributed by atoms with Crippen LogP contribution in [0.15, 0.2) is 47.0 Å². The average molecular weight is 324 g/mol. The van der Waals surface area contributed by atoms with Crippen molar-refractivity contribution in [2.45, 2.75) is 20.5 Å². The summed E-state index contributed by atoms with van der Waals surface area (Å²) in [5, 5.41) is 13.8. The highest BCUT2D eigenvalue weighted by Crippen LogP contribution is 2.22. The Morgan fingerprint density at radius 3 is 2.67 bits per heavy atom. The third-order valence-corrected chi connectivity index (χ3v) is 3.56. The lowest BCUT2D eigenvalue weighted by Gasteiger charge is -2.05. The van der Waals surface area contributed by atoms with Crippen LogP contribution in [0.5, 0.6) is 5.75 Å². The van der Waals surface area contributed by atoms with Gasteiger partial charge in [-0.25, -0.2) is 4.79 Å². The molecule has 1 aromatic heterocycles. The van der Waals surface area contributed by atoms with Crippen LogP contribution in [-0.4, -0.2) is 21.2 Å². The highest BCUT2D eigenvalue weighted by atomic mass is 16.6. The van der Waals surface area contributed by atoms with Crippen LogP contribution in [0.25, 0.3) is 11.4 Å². The molecule has 2 aromatic carbocycles. The smallest absolute Gasteiger partial charge is 0.342 e. The monoisotopic (exact) mass is 324 g/mol. The number of ether oxygens (including phenoxy) is 1. The van der Waals surface area contributed by atoms with Gasteiger partial charge < -0.3 is 14.4 Å². The zero-order valence-corrected chi connectivity index (χ0v) is 13.3. The van der Waals surface area contributed by atoms with Gasteiger partial charge in [0.05, 0.1) is 0 Å². The standard InChI is InChI=1S/C18H16N2O4/c1-11-6-8-13(9-7-11)17-19-15(24-20-17)10-23-18(22)14-5-3-4-12(2)16(14)21/h3-9,21H,10H2,1-2H3. The molecule has 6 heteroatoms. The summed E-state index contributed by atoms with van der Waals surface area (Å²) in [4.78, 5) is 16.2. The van der Waals surface area contributed by atoms with Gasteiger partial charge in [0.1, 0.15) is 11.3 Å². The Labute approximate surface area is 138 Å². The van der Waals surface area contributed by atoms with Crippen LogP contribution in [0.1, 0.15) is 27.4 Å². The van der Waals surface area contributed by atoms with E-state index in [4.69, 9.17) is 9.26 Å². The Kier molecular flexibility index (Phi) is 4.29. The largest absolute Gasteiger partial charge is 0.507 e. The van der Waals surface area contributed by atoms with Crippen molar-refractivity contribution in [3.8, 4) is 17.1 Å². The highest BCUT2D eigenvalue weighted by Gasteiger charge is 2.16. The van der Waals surface area contributed by atoms with Crippen LogP contribution in [0.3, 0.4) is 0 Å². The summed E-state index contributed by atoms with van der Waals surface area (Å²) in [5.41, 5.74) is 2.66. The molecule has 0 bridgehead atoms. The number of aryl methyl sites for hydroxylation is 2. The molecule has 24 heavy (non-hydrogen) atoms. The van der Waals surface area contributed by atoms with Crippen molar-refractivity contribution >= 4 is 5.97 Å². The molecule has 3 aromatic rings. The van der Waals surface area contributed by atoms with Gasteiger partial charge in [-0.2, -0.15) is 4.98 Å². The van der Waals surface area contributed by atoms with Crippen molar-refractivity contribution in [2.24, 2.45) is 0 Å². The van der Waals surface area contributed by atoms with Crippen molar-refractivity contribution in [1.29, 1.82) is 0 Å². The summed E-state index contributed by atoms with van der Waals surface area (Å²) < 4.78 is 10.2. The van der Waals surface area contributed by atoms with Gasteiger partial charge in [-0.15, -0.1) is 0 Å². The third kappa shape index (κ3) is 3.27. The van der Waals surface area contributed by atoms with E-state index in [1.165, 1.54) is 6.07 Å². The summed E-state index contributed by atoms with van der Waals surface area (Å²) >= 11 is 0. The number of hydrogen-bond donors (Lipinski definition) is 1. The molecule has 6 nitrogen and oxygen atoms in total. The number of esters is 1. The van der Waals surface area contributed by atoms with E-state index in [1.54, 1.807) is 19.1 Å². The lowest BCUT2D eigenvalue weighted by molar-refractivity contribution is 0.0426. The molecule has 0 aliphatic carbocycles. The third-order valence-electron chi connectivity index (χ3n) is 3.56. The highest BCUT2D eigenvalue weighted by molar-refractivity contribution is 5.92. The minimum absolute atomic E-state index is 0.0895. The van der Waals surface area contributed by atoms with Crippen LogP contribution in [-0.2, 0) is 11.3 Å². The number of hydrogen-bond acceptors (Lipinski definition) is 6. The minimum Gasteiger partial charge on any atom is -0.507 e. The van der Waals surface area contributed by atoms with Gasteiger partial charge in [-0.3, -0.25) is 0 Å². The van der Waals surface area contributed by atoms with Crippen molar-refractivity contribution in [3.05, 3.63) is 65.0 Å². The molecule has 0 spiro atoms. The van der Waals surface area contributed by atoms with Crippen LogP contribution < -0.4 is 0 Å². The fourth-order valence-corrected chi connectivity index (χ4v) is 2.16. The fraction of sp³-hybridized carbons (Fsp3) is 0.167. The maximum Gasteiger partial charge on any atom is 0.342 e. The van der Waals surface area contributed by atoms with Crippen LogP contribution >= 0.6 is 0 Å². The van der Waals surface area contributed by atoms with Gasteiger partial charge in [0.2, 0.25) is 5.82 Å². The predicted molar refractivity (Wildman–Crippen MR) is 86.4 cm³/mol. The first-order valence-corrected chi connectivity index (χ1v) is 7.40. The summed E-state index contributed by atoms with van der Waals surface area (Å²) in [6.07, 6.45) is 0. The summed E-state index contributed by atoms with van der Waals surface area (Å²) in [6, 6.07) is 12.6. The van der Waals surface area contributed by atoms with Crippen molar-refractivity contribution < 1.29 is 19.2 Å². The Hall–Kier alpha value is -3.15. The number of carbonyl (C=O) groups excluding carboxylic acids is 1. The van der Waals surface area contributed by atoms with E-state index >= 15 is 0 Å². The van der Waals surface area contributed by atoms with Crippen LogP contribution in [0.4, 0.5) is 0 Å². The molecule has 0 aliphatic rings. The van der Waals surface area contributed by atoms with Crippen LogP contribution in [0.2, 0.25) is 0 Å². The molecule has 0 amide bonds. The number of aromatic nitrogens is 2. The second-order valence-electron chi connectivity index (χ2n) is 5.42. The van der Waals surface area contributed by atoms with Crippen molar-refractivity contribution in [3.63, 3.8) is 0 Å². The SMILES string of the molecule is Cc1ccc(-c2noc(COC(=O)c3cccc(C)c3O)n2)cc1. The number of benzene rings is 2. The molecule has 0 saturated carbocycles. The Balaban J connectivity index is 1.68. The first-order chi connectivity index (χ1) is 11.5.